The third-order valence-electron chi connectivity index (χ3n) is 4.76. The molecule has 1 aromatic heterocycles. The van der Waals surface area contributed by atoms with Crippen LogP contribution in [0.25, 0.3) is 17.1 Å². The van der Waals surface area contributed by atoms with Gasteiger partial charge in [0.25, 0.3) is 0 Å². The van der Waals surface area contributed by atoms with Crippen molar-refractivity contribution in [1.82, 2.24) is 14.8 Å². The van der Waals surface area contributed by atoms with Gasteiger partial charge in [0.1, 0.15) is 5.75 Å². The molecule has 0 aliphatic carbocycles. The normalized spacial score (nSPS) is 10.9. The fraction of sp³-hybridized carbons (Fsp3) is 0.130. The van der Waals surface area contributed by atoms with Gasteiger partial charge in [-0.25, -0.2) is 0 Å². The van der Waals surface area contributed by atoms with Gasteiger partial charge in [-0.3, -0.25) is 4.57 Å². The van der Waals surface area contributed by atoms with E-state index in [4.69, 9.17) is 27.9 Å². The third kappa shape index (κ3) is 4.33. The highest BCUT2D eigenvalue weighted by molar-refractivity contribution is 7.98. The Balaban J connectivity index is 1.76. The van der Waals surface area contributed by atoms with E-state index < -0.39 is 0 Å². The summed E-state index contributed by atoms with van der Waals surface area (Å²) < 4.78 is 7.28. The Hall–Kier alpha value is -2.47. The van der Waals surface area contributed by atoms with E-state index in [0.717, 1.165) is 33.7 Å². The van der Waals surface area contributed by atoms with Crippen LogP contribution < -0.4 is 4.74 Å². The number of methoxy groups -OCH3 is 1. The van der Waals surface area contributed by atoms with Crippen molar-refractivity contribution in [1.29, 1.82) is 0 Å². The zero-order valence-corrected chi connectivity index (χ0v) is 18.8. The molecule has 0 fully saturated rings. The molecule has 0 N–H and O–H groups in total. The zero-order chi connectivity index (χ0) is 21.1. The fourth-order valence-corrected chi connectivity index (χ4v) is 4.38. The second kappa shape index (κ2) is 9.13. The van der Waals surface area contributed by atoms with Gasteiger partial charge in [-0.15, -0.1) is 10.2 Å². The van der Waals surface area contributed by atoms with E-state index in [9.17, 15) is 0 Å². The lowest BCUT2D eigenvalue weighted by Gasteiger charge is -2.12. The van der Waals surface area contributed by atoms with E-state index in [2.05, 4.69) is 35.3 Å². The van der Waals surface area contributed by atoms with E-state index in [0.29, 0.717) is 10.0 Å². The largest absolute Gasteiger partial charge is 0.497 e. The molecule has 3 aromatic carbocycles. The quantitative estimate of drug-likeness (QED) is 0.298. The van der Waals surface area contributed by atoms with Gasteiger partial charge in [0.2, 0.25) is 0 Å². The molecule has 152 valence electrons. The van der Waals surface area contributed by atoms with E-state index >= 15 is 0 Å². The number of thioether (sulfide) groups is 1. The molecule has 30 heavy (non-hydrogen) atoms. The molecule has 0 unspecified atom stereocenters. The molecule has 0 aliphatic rings. The minimum absolute atomic E-state index is 0.485. The maximum atomic E-state index is 6.31. The summed E-state index contributed by atoms with van der Waals surface area (Å²) in [4.78, 5) is 0. The van der Waals surface area contributed by atoms with Gasteiger partial charge in [0.05, 0.1) is 22.8 Å². The summed E-state index contributed by atoms with van der Waals surface area (Å²) in [5.74, 6) is 2.30. The van der Waals surface area contributed by atoms with Crippen LogP contribution in [0.2, 0.25) is 10.0 Å². The number of aromatic nitrogens is 3. The van der Waals surface area contributed by atoms with Crippen molar-refractivity contribution in [2.75, 3.05) is 7.11 Å². The van der Waals surface area contributed by atoms with E-state index in [1.165, 1.54) is 11.1 Å². The van der Waals surface area contributed by atoms with Crippen LogP contribution in [-0.2, 0) is 5.75 Å². The van der Waals surface area contributed by atoms with Crippen molar-refractivity contribution in [2.45, 2.75) is 17.8 Å². The number of rotatable bonds is 6. The average molecular weight is 456 g/mol. The second-order valence-electron chi connectivity index (χ2n) is 6.68. The average Bonchev–Trinajstić information content (AvgIpc) is 3.19. The van der Waals surface area contributed by atoms with Crippen LogP contribution >= 0.6 is 35.0 Å². The summed E-state index contributed by atoms with van der Waals surface area (Å²) in [6, 6.07) is 21.6. The first-order valence-electron chi connectivity index (χ1n) is 9.29. The first-order valence-corrected chi connectivity index (χ1v) is 11.0. The van der Waals surface area contributed by atoms with Gasteiger partial charge in [-0.2, -0.15) is 0 Å². The van der Waals surface area contributed by atoms with Crippen molar-refractivity contribution in [3.63, 3.8) is 0 Å². The maximum Gasteiger partial charge on any atom is 0.196 e. The highest BCUT2D eigenvalue weighted by Crippen LogP contribution is 2.33. The lowest BCUT2D eigenvalue weighted by Crippen LogP contribution is -2.00. The number of benzene rings is 3. The number of hydrogen-bond donors (Lipinski definition) is 0. The highest BCUT2D eigenvalue weighted by Gasteiger charge is 2.17. The molecular weight excluding hydrogens is 437 g/mol. The molecule has 0 radical (unpaired) electrons. The zero-order valence-electron chi connectivity index (χ0n) is 16.5. The van der Waals surface area contributed by atoms with Crippen molar-refractivity contribution in [2.24, 2.45) is 0 Å². The summed E-state index contributed by atoms with van der Waals surface area (Å²) in [6.07, 6.45) is 0. The Morgan fingerprint density at radius 3 is 2.40 bits per heavy atom. The Morgan fingerprint density at radius 2 is 1.70 bits per heavy atom. The van der Waals surface area contributed by atoms with Gasteiger partial charge in [-0.1, -0.05) is 59.2 Å². The van der Waals surface area contributed by atoms with Crippen LogP contribution in [0.4, 0.5) is 0 Å². The molecule has 4 aromatic rings. The highest BCUT2D eigenvalue weighted by atomic mass is 35.5. The van der Waals surface area contributed by atoms with E-state index in [-0.39, 0.29) is 0 Å². The van der Waals surface area contributed by atoms with E-state index in [1.54, 1.807) is 24.9 Å². The van der Waals surface area contributed by atoms with Gasteiger partial charge < -0.3 is 4.74 Å². The van der Waals surface area contributed by atoms with Crippen LogP contribution in [0, 0.1) is 6.92 Å². The Morgan fingerprint density at radius 1 is 0.933 bits per heavy atom. The molecule has 4 rings (SSSR count). The molecule has 0 aliphatic heterocycles. The van der Waals surface area contributed by atoms with Crippen molar-refractivity contribution in [3.8, 4) is 22.8 Å². The summed E-state index contributed by atoms with van der Waals surface area (Å²) in [6.45, 7) is 2.11. The Labute approximate surface area is 189 Å². The summed E-state index contributed by atoms with van der Waals surface area (Å²) in [5, 5.41) is 10.7. The Kier molecular flexibility index (Phi) is 6.32. The monoisotopic (exact) mass is 455 g/mol. The van der Waals surface area contributed by atoms with Gasteiger partial charge in [0.15, 0.2) is 11.0 Å². The molecule has 0 atom stereocenters. The van der Waals surface area contributed by atoms with Crippen LogP contribution in [0.5, 0.6) is 5.75 Å². The first kappa shape index (κ1) is 20.8. The van der Waals surface area contributed by atoms with Crippen molar-refractivity contribution >= 4 is 35.0 Å². The molecule has 0 amide bonds. The lowest BCUT2D eigenvalue weighted by molar-refractivity contribution is 0.415. The predicted molar refractivity (Wildman–Crippen MR) is 124 cm³/mol. The standard InChI is InChI=1S/C23H19Cl2N3OS/c1-15-5-3-4-6-17(15)14-30-23-27-26-22(16-7-10-19(29-2)11-8-16)28(23)18-9-12-20(24)21(25)13-18/h3-13H,14H2,1-2H3. The fourth-order valence-electron chi connectivity index (χ4n) is 3.06. The van der Waals surface area contributed by atoms with E-state index in [1.807, 2.05) is 47.0 Å². The number of halogens is 2. The topological polar surface area (TPSA) is 39.9 Å². The number of hydrogen-bond acceptors (Lipinski definition) is 4. The molecule has 4 nitrogen and oxygen atoms in total. The molecule has 0 saturated heterocycles. The lowest BCUT2D eigenvalue weighted by atomic mass is 10.1. The third-order valence-corrected chi connectivity index (χ3v) is 6.48. The van der Waals surface area contributed by atoms with Gasteiger partial charge in [-0.05, 0) is 60.5 Å². The second-order valence-corrected chi connectivity index (χ2v) is 8.44. The Bertz CT molecular complexity index is 1180. The minimum atomic E-state index is 0.485. The van der Waals surface area contributed by atoms with Crippen LogP contribution in [0.1, 0.15) is 11.1 Å². The summed E-state index contributed by atoms with van der Waals surface area (Å²) >= 11 is 14.1. The SMILES string of the molecule is COc1ccc(-c2nnc(SCc3ccccc3C)n2-c2ccc(Cl)c(Cl)c2)cc1. The predicted octanol–water partition coefficient (Wildman–Crippen LogP) is 6.85. The maximum absolute atomic E-state index is 6.31. The number of ether oxygens (including phenoxy) is 1. The van der Waals surface area contributed by atoms with Crippen molar-refractivity contribution in [3.05, 3.63) is 87.9 Å². The van der Waals surface area contributed by atoms with Gasteiger partial charge in [0, 0.05) is 11.3 Å². The van der Waals surface area contributed by atoms with Crippen LogP contribution in [0.15, 0.2) is 71.9 Å². The van der Waals surface area contributed by atoms with Crippen molar-refractivity contribution < 1.29 is 4.74 Å². The van der Waals surface area contributed by atoms with Gasteiger partial charge >= 0.3 is 0 Å². The molecular formula is C23H19Cl2N3OS. The molecule has 0 spiro atoms. The number of nitrogens with zero attached hydrogens (tertiary/aromatic N) is 3. The smallest absolute Gasteiger partial charge is 0.196 e. The summed E-state index contributed by atoms with van der Waals surface area (Å²) in [5.41, 5.74) is 4.29. The molecule has 0 bridgehead atoms. The minimum Gasteiger partial charge on any atom is -0.497 e. The summed E-state index contributed by atoms with van der Waals surface area (Å²) in [7, 11) is 1.65. The first-order chi connectivity index (χ1) is 14.6. The van der Waals surface area contributed by atoms with Crippen LogP contribution in [0.3, 0.4) is 0 Å². The molecule has 7 heteroatoms. The van der Waals surface area contributed by atoms with Crippen LogP contribution in [-0.4, -0.2) is 21.9 Å². The molecule has 1 heterocycles. The number of aryl methyl sites for hydroxylation is 1. The molecule has 0 saturated carbocycles.